The number of nitrogens with zero attached hydrogens (tertiary/aromatic N) is 2. The molecule has 1 aromatic carbocycles. The maximum absolute atomic E-state index is 14.0. The molecule has 1 aliphatic rings. The summed E-state index contributed by atoms with van der Waals surface area (Å²) in [6.07, 6.45) is -3.84. The number of anilines is 1. The summed E-state index contributed by atoms with van der Waals surface area (Å²) in [5.74, 6) is -2.71. The van der Waals surface area contributed by atoms with E-state index in [4.69, 9.17) is 22.1 Å². The number of halogens is 2. The van der Waals surface area contributed by atoms with Gasteiger partial charge in [-0.25, -0.2) is 9.18 Å². The van der Waals surface area contributed by atoms with E-state index in [9.17, 15) is 24.2 Å². The van der Waals surface area contributed by atoms with Gasteiger partial charge in [0.15, 0.2) is 11.6 Å². The zero-order chi connectivity index (χ0) is 19.2. The first-order chi connectivity index (χ1) is 12.2. The molecule has 0 aliphatic carbocycles. The first kappa shape index (κ1) is 18.5. The Hall–Kier alpha value is -2.33. The molecule has 1 aliphatic heterocycles. The number of benzene rings is 1. The van der Waals surface area contributed by atoms with Crippen molar-refractivity contribution in [3.63, 3.8) is 0 Å². The lowest BCUT2D eigenvalue weighted by atomic mass is 9.93. The van der Waals surface area contributed by atoms with Crippen LogP contribution in [0.2, 0.25) is 5.02 Å². The first-order valence-corrected chi connectivity index (χ1v) is 7.96. The van der Waals surface area contributed by atoms with Gasteiger partial charge in [-0.1, -0.05) is 23.7 Å². The fourth-order valence-electron chi connectivity index (χ4n) is 2.93. The van der Waals surface area contributed by atoms with Crippen molar-refractivity contribution in [2.45, 2.75) is 31.0 Å². The largest absolute Gasteiger partial charge is 0.387 e. The van der Waals surface area contributed by atoms with Gasteiger partial charge in [-0.2, -0.15) is 4.98 Å². The number of rotatable bonds is 3. The predicted octanol–water partition coefficient (Wildman–Crippen LogP) is 0.294. The summed E-state index contributed by atoms with van der Waals surface area (Å²) in [4.78, 5) is 28.8. The van der Waals surface area contributed by atoms with Gasteiger partial charge in [0, 0.05) is 5.56 Å². The topological polar surface area (TPSA) is 128 Å². The van der Waals surface area contributed by atoms with Gasteiger partial charge in [-0.15, -0.1) is 0 Å². The van der Waals surface area contributed by atoms with Crippen molar-refractivity contribution >= 4 is 23.2 Å². The van der Waals surface area contributed by atoms with Crippen molar-refractivity contribution in [2.24, 2.45) is 0 Å². The Morgan fingerprint density at radius 3 is 2.65 bits per heavy atom. The van der Waals surface area contributed by atoms with Crippen molar-refractivity contribution in [1.29, 1.82) is 0 Å². The smallest absolute Gasteiger partial charge is 0.352 e. The third-order valence-electron chi connectivity index (χ3n) is 4.28. The monoisotopic (exact) mass is 383 g/mol. The molecule has 1 saturated heterocycles. The number of carbonyl (C=O) groups is 1. The minimum absolute atomic E-state index is 0.0265. The number of aliphatic hydroxyl groups excluding tert-OH is 2. The average molecular weight is 384 g/mol. The standard InChI is InChI=1S/C16H15ClFN3O5/c1-7-11(22)13(24)16(26-7,12(23)8-4-2-3-5-9(8)17)21-6-10(18)14(19)20-15(21)25/h2-7,11,13,22,24H,1H3,(H2,19,20,25)/t7-,11-,13-,16-/m1/s1. The molecule has 4 atom stereocenters. The van der Waals surface area contributed by atoms with Crippen LogP contribution in [0.5, 0.6) is 0 Å². The van der Waals surface area contributed by atoms with Gasteiger partial charge in [-0.3, -0.25) is 9.36 Å². The molecule has 1 aromatic heterocycles. The molecule has 2 heterocycles. The molecule has 0 saturated carbocycles. The molecule has 26 heavy (non-hydrogen) atoms. The number of hydrogen-bond acceptors (Lipinski definition) is 7. The van der Waals surface area contributed by atoms with Crippen LogP contribution >= 0.6 is 11.6 Å². The van der Waals surface area contributed by atoms with Crippen LogP contribution in [0, 0.1) is 5.82 Å². The van der Waals surface area contributed by atoms with Crippen molar-refractivity contribution < 1.29 is 24.1 Å². The lowest BCUT2D eigenvalue weighted by Crippen LogP contribution is -2.56. The Labute approximate surface area is 151 Å². The van der Waals surface area contributed by atoms with Crippen molar-refractivity contribution in [2.75, 3.05) is 5.73 Å². The van der Waals surface area contributed by atoms with Gasteiger partial charge in [0.2, 0.25) is 11.5 Å². The molecular formula is C16H15ClFN3O5. The van der Waals surface area contributed by atoms with E-state index in [-0.39, 0.29) is 10.6 Å². The number of ketones is 1. The zero-order valence-electron chi connectivity index (χ0n) is 13.5. The van der Waals surface area contributed by atoms with Crippen LogP contribution in [-0.4, -0.2) is 43.9 Å². The van der Waals surface area contributed by atoms with Crippen LogP contribution in [0.3, 0.4) is 0 Å². The Morgan fingerprint density at radius 2 is 2.08 bits per heavy atom. The number of nitrogens with two attached hydrogens (primary N) is 1. The minimum atomic E-state index is -2.46. The fourth-order valence-corrected chi connectivity index (χ4v) is 3.15. The van der Waals surface area contributed by atoms with Crippen LogP contribution < -0.4 is 11.4 Å². The summed E-state index contributed by atoms with van der Waals surface area (Å²) in [6.45, 7) is 1.39. The van der Waals surface area contributed by atoms with E-state index in [1.165, 1.54) is 25.1 Å². The summed E-state index contributed by atoms with van der Waals surface area (Å²) in [7, 11) is 0. The van der Waals surface area contributed by atoms with E-state index in [0.29, 0.717) is 10.8 Å². The summed E-state index contributed by atoms with van der Waals surface area (Å²) in [5.41, 5.74) is 1.60. The molecular weight excluding hydrogens is 369 g/mol. The Bertz CT molecular complexity index is 936. The molecule has 0 spiro atoms. The molecule has 0 radical (unpaired) electrons. The molecule has 4 N–H and O–H groups in total. The molecule has 2 aromatic rings. The van der Waals surface area contributed by atoms with E-state index in [2.05, 4.69) is 4.98 Å². The lowest BCUT2D eigenvalue weighted by molar-refractivity contribution is -0.108. The second-order valence-corrected chi connectivity index (χ2v) is 6.30. The molecule has 0 amide bonds. The minimum Gasteiger partial charge on any atom is -0.387 e. The van der Waals surface area contributed by atoms with Crippen LogP contribution in [0.25, 0.3) is 0 Å². The van der Waals surface area contributed by atoms with Crippen molar-refractivity contribution in [3.05, 3.63) is 57.3 Å². The van der Waals surface area contributed by atoms with Crippen LogP contribution in [-0.2, 0) is 10.5 Å². The average Bonchev–Trinajstić information content (AvgIpc) is 2.83. The third-order valence-corrected chi connectivity index (χ3v) is 4.61. The molecule has 0 bridgehead atoms. The summed E-state index contributed by atoms with van der Waals surface area (Å²) < 4.78 is 20.0. The number of nitrogen functional groups attached to an aromatic ring is 1. The third kappa shape index (κ3) is 2.60. The summed E-state index contributed by atoms with van der Waals surface area (Å²) in [6, 6.07) is 5.86. The molecule has 0 unspecified atom stereocenters. The Morgan fingerprint density at radius 1 is 1.42 bits per heavy atom. The second-order valence-electron chi connectivity index (χ2n) is 5.89. The number of carbonyl (C=O) groups excluding carboxylic acids is 1. The maximum atomic E-state index is 14.0. The van der Waals surface area contributed by atoms with Crippen LogP contribution in [0.1, 0.15) is 17.3 Å². The lowest BCUT2D eigenvalue weighted by Gasteiger charge is -2.32. The van der Waals surface area contributed by atoms with Crippen molar-refractivity contribution in [3.8, 4) is 0 Å². The van der Waals surface area contributed by atoms with Crippen molar-refractivity contribution in [1.82, 2.24) is 9.55 Å². The number of hydrogen-bond donors (Lipinski definition) is 3. The predicted molar refractivity (Wildman–Crippen MR) is 89.2 cm³/mol. The Balaban J connectivity index is 2.30. The maximum Gasteiger partial charge on any atom is 0.352 e. The number of ether oxygens (including phenoxy) is 1. The van der Waals surface area contributed by atoms with Gasteiger partial charge < -0.3 is 20.7 Å². The van der Waals surface area contributed by atoms with E-state index in [1.54, 1.807) is 6.07 Å². The quantitative estimate of drug-likeness (QED) is 0.650. The SMILES string of the molecule is C[C@H]1O[C@@](C(=O)c2ccccc2Cl)(n2cc(F)c(N)nc2=O)[C@H](O)[C@@H]1O. The van der Waals surface area contributed by atoms with Gasteiger partial charge in [0.1, 0.15) is 12.2 Å². The fraction of sp³-hybridized carbons (Fsp3) is 0.312. The number of aliphatic hydroxyl groups is 2. The normalized spacial score (nSPS) is 28.3. The highest BCUT2D eigenvalue weighted by atomic mass is 35.5. The van der Waals surface area contributed by atoms with Gasteiger partial charge in [0.05, 0.1) is 17.3 Å². The highest BCUT2D eigenvalue weighted by Crippen LogP contribution is 2.39. The van der Waals surface area contributed by atoms with Gasteiger partial charge in [-0.05, 0) is 19.1 Å². The molecule has 3 rings (SSSR count). The number of aromatic nitrogens is 2. The van der Waals surface area contributed by atoms with Gasteiger partial charge in [0.25, 0.3) is 0 Å². The van der Waals surface area contributed by atoms with E-state index < -0.39 is 47.1 Å². The highest BCUT2D eigenvalue weighted by Gasteiger charge is 2.60. The van der Waals surface area contributed by atoms with Crippen LogP contribution in [0.15, 0.2) is 35.3 Å². The molecule has 10 heteroatoms. The first-order valence-electron chi connectivity index (χ1n) is 7.58. The summed E-state index contributed by atoms with van der Waals surface area (Å²) in [5, 5.41) is 20.7. The van der Waals surface area contributed by atoms with Crippen LogP contribution in [0.4, 0.5) is 10.2 Å². The zero-order valence-corrected chi connectivity index (χ0v) is 14.2. The molecule has 138 valence electrons. The van der Waals surface area contributed by atoms with E-state index in [0.717, 1.165) is 0 Å². The number of Topliss-reactive ketones (excluding diaryl/α,β-unsaturated/α-hetero) is 1. The molecule has 1 fully saturated rings. The molecule has 8 nitrogen and oxygen atoms in total. The highest BCUT2D eigenvalue weighted by molar-refractivity contribution is 6.34. The van der Waals surface area contributed by atoms with Gasteiger partial charge >= 0.3 is 5.69 Å². The Kier molecular flexibility index (Phi) is 4.57. The second kappa shape index (κ2) is 6.44. The van der Waals surface area contributed by atoms with E-state index in [1.807, 2.05) is 0 Å². The summed E-state index contributed by atoms with van der Waals surface area (Å²) >= 11 is 6.05. The van der Waals surface area contributed by atoms with E-state index >= 15 is 0 Å².